The van der Waals surface area contributed by atoms with E-state index in [1.165, 1.54) is 12.1 Å². The molecule has 0 aromatic heterocycles. The molecular formula is C32H32ClFN2O6. The van der Waals surface area contributed by atoms with E-state index in [-0.39, 0.29) is 37.1 Å². The molecule has 0 saturated carbocycles. The molecule has 8 nitrogen and oxygen atoms in total. The Morgan fingerprint density at radius 1 is 1.02 bits per heavy atom. The van der Waals surface area contributed by atoms with Gasteiger partial charge in [-0.15, -0.1) is 0 Å². The number of nitrogens with zero attached hydrogens (tertiary/aromatic N) is 1. The number of carbonyl (C=O) groups excluding carboxylic acids is 1. The molecule has 10 heteroatoms. The van der Waals surface area contributed by atoms with E-state index in [2.05, 4.69) is 5.32 Å². The molecule has 0 radical (unpaired) electrons. The fourth-order valence-corrected chi connectivity index (χ4v) is 6.78. The number of ether oxygens (including phenoxy) is 3. The molecule has 1 saturated heterocycles. The summed E-state index contributed by atoms with van der Waals surface area (Å²) < 4.78 is 31.9. The van der Waals surface area contributed by atoms with Gasteiger partial charge in [-0.05, 0) is 64.9 Å². The minimum atomic E-state index is -1.07. The zero-order valence-electron chi connectivity index (χ0n) is 23.4. The number of fused-ring (bicyclic) bond motifs is 2. The number of aliphatic carboxylic acids is 1. The van der Waals surface area contributed by atoms with Gasteiger partial charge in [0.05, 0.1) is 19.1 Å². The summed E-state index contributed by atoms with van der Waals surface area (Å²) in [7, 11) is 0. The van der Waals surface area contributed by atoms with Gasteiger partial charge in [-0.1, -0.05) is 37.6 Å². The van der Waals surface area contributed by atoms with E-state index in [0.717, 1.165) is 33.7 Å². The van der Waals surface area contributed by atoms with Crippen molar-refractivity contribution >= 4 is 29.2 Å². The molecule has 3 heterocycles. The highest BCUT2D eigenvalue weighted by molar-refractivity contribution is 6.30. The number of hydrogen-bond acceptors (Lipinski definition) is 6. The summed E-state index contributed by atoms with van der Waals surface area (Å²) in [6, 6.07) is 11.4. The van der Waals surface area contributed by atoms with Crippen LogP contribution in [0.15, 0.2) is 42.5 Å². The Balaban J connectivity index is 1.37. The fraction of sp³-hybridized carbons (Fsp3) is 0.375. The van der Waals surface area contributed by atoms with Crippen LogP contribution in [0.3, 0.4) is 0 Å². The highest BCUT2D eigenvalue weighted by Gasteiger charge is 2.49. The third kappa shape index (κ3) is 5.16. The van der Waals surface area contributed by atoms with Crippen LogP contribution in [-0.2, 0) is 28.9 Å². The largest absolute Gasteiger partial charge is 0.493 e. The molecular weight excluding hydrogens is 563 g/mol. The molecule has 2 N–H and O–H groups in total. The summed E-state index contributed by atoms with van der Waals surface area (Å²) in [6.07, 6.45) is 2.07. The summed E-state index contributed by atoms with van der Waals surface area (Å²) >= 11 is 6.32. The van der Waals surface area contributed by atoms with Crippen LogP contribution in [0, 0.1) is 11.7 Å². The van der Waals surface area contributed by atoms with E-state index in [4.69, 9.17) is 25.8 Å². The lowest BCUT2D eigenvalue weighted by molar-refractivity contribution is -0.143. The van der Waals surface area contributed by atoms with Crippen molar-refractivity contribution in [2.75, 3.05) is 31.8 Å². The topological polar surface area (TPSA) is 97.3 Å². The van der Waals surface area contributed by atoms with Crippen molar-refractivity contribution < 1.29 is 33.3 Å². The van der Waals surface area contributed by atoms with Crippen LogP contribution in [0.2, 0.25) is 5.02 Å². The van der Waals surface area contributed by atoms with E-state index < -0.39 is 29.7 Å². The van der Waals surface area contributed by atoms with Crippen LogP contribution in [0.1, 0.15) is 53.6 Å². The molecule has 3 aliphatic rings. The fourth-order valence-electron chi connectivity index (χ4n) is 6.52. The molecule has 0 bridgehead atoms. The lowest BCUT2D eigenvalue weighted by Crippen LogP contribution is -2.35. The monoisotopic (exact) mass is 594 g/mol. The van der Waals surface area contributed by atoms with Gasteiger partial charge >= 0.3 is 5.97 Å². The van der Waals surface area contributed by atoms with Gasteiger partial charge in [0.2, 0.25) is 12.7 Å². The molecule has 3 atom stereocenters. The Morgan fingerprint density at radius 2 is 1.74 bits per heavy atom. The van der Waals surface area contributed by atoms with E-state index in [1.807, 2.05) is 49.1 Å². The summed E-state index contributed by atoms with van der Waals surface area (Å²) in [5.74, 6) is -2.26. The van der Waals surface area contributed by atoms with Crippen LogP contribution < -0.4 is 19.5 Å². The number of carboxylic acids is 1. The van der Waals surface area contributed by atoms with E-state index >= 15 is 4.39 Å². The Kier molecular flexibility index (Phi) is 7.72. The number of halogens is 2. The third-order valence-corrected chi connectivity index (χ3v) is 8.69. The first-order valence-electron chi connectivity index (χ1n) is 14.2. The van der Waals surface area contributed by atoms with Crippen molar-refractivity contribution in [3.8, 4) is 17.2 Å². The maximum absolute atomic E-state index is 15.5. The van der Waals surface area contributed by atoms with Crippen molar-refractivity contribution in [2.45, 2.75) is 45.1 Å². The van der Waals surface area contributed by atoms with Gasteiger partial charge in [-0.2, -0.15) is 0 Å². The predicted molar refractivity (Wildman–Crippen MR) is 155 cm³/mol. The molecule has 3 aromatic carbocycles. The van der Waals surface area contributed by atoms with Gasteiger partial charge in [-0.3, -0.25) is 14.5 Å². The first-order chi connectivity index (χ1) is 20.3. The van der Waals surface area contributed by atoms with Gasteiger partial charge in [0.15, 0.2) is 11.5 Å². The molecule has 6 rings (SSSR count). The van der Waals surface area contributed by atoms with Crippen molar-refractivity contribution in [3.05, 3.63) is 81.1 Å². The number of amides is 1. The lowest BCUT2D eigenvalue weighted by Gasteiger charge is -2.27. The zero-order chi connectivity index (χ0) is 29.5. The van der Waals surface area contributed by atoms with Crippen molar-refractivity contribution in [3.63, 3.8) is 0 Å². The van der Waals surface area contributed by atoms with Crippen LogP contribution in [-0.4, -0.2) is 48.4 Å². The van der Waals surface area contributed by atoms with E-state index in [1.54, 1.807) is 0 Å². The highest BCUT2D eigenvalue weighted by atomic mass is 35.5. The Bertz CT molecular complexity index is 1540. The molecule has 0 aliphatic carbocycles. The SMILES string of the molecule is CCc1cc(Cl)cc(CC)c1NC(=O)CN1C[C@H](c2cc3c(cc2F)OCO3)C(C(=O)O)[C@@H]1c1ccc2c(c1)CCO2. The average molecular weight is 595 g/mol. The molecule has 0 spiro atoms. The number of rotatable bonds is 8. The second-order valence-corrected chi connectivity index (χ2v) is 11.3. The predicted octanol–water partition coefficient (Wildman–Crippen LogP) is 5.75. The summed E-state index contributed by atoms with van der Waals surface area (Å²) in [4.78, 5) is 28.4. The molecule has 3 aliphatic heterocycles. The second-order valence-electron chi connectivity index (χ2n) is 10.9. The molecule has 1 unspecified atom stereocenters. The number of nitrogens with one attached hydrogen (secondary N) is 1. The van der Waals surface area contributed by atoms with Crippen LogP contribution >= 0.6 is 11.6 Å². The van der Waals surface area contributed by atoms with Gasteiger partial charge in [0.25, 0.3) is 0 Å². The first kappa shape index (κ1) is 28.3. The first-order valence-corrected chi connectivity index (χ1v) is 14.6. The van der Waals surface area contributed by atoms with Crippen molar-refractivity contribution in [2.24, 2.45) is 5.92 Å². The summed E-state index contributed by atoms with van der Waals surface area (Å²) in [5.41, 5.74) is 4.54. The van der Waals surface area contributed by atoms with E-state index in [9.17, 15) is 14.7 Å². The average Bonchev–Trinajstić information content (AvgIpc) is 3.70. The zero-order valence-corrected chi connectivity index (χ0v) is 24.2. The van der Waals surface area contributed by atoms with Crippen LogP contribution in [0.5, 0.6) is 17.2 Å². The molecule has 220 valence electrons. The maximum Gasteiger partial charge on any atom is 0.309 e. The highest BCUT2D eigenvalue weighted by Crippen LogP contribution is 2.49. The number of carbonyl (C=O) groups is 2. The Hall–Kier alpha value is -3.82. The normalized spacial score (nSPS) is 20.8. The maximum atomic E-state index is 15.5. The second kappa shape index (κ2) is 11.5. The van der Waals surface area contributed by atoms with Gasteiger partial charge < -0.3 is 24.6 Å². The van der Waals surface area contributed by atoms with E-state index in [0.29, 0.717) is 36.6 Å². The van der Waals surface area contributed by atoms with Crippen LogP contribution in [0.25, 0.3) is 0 Å². The minimum Gasteiger partial charge on any atom is -0.493 e. The molecule has 42 heavy (non-hydrogen) atoms. The van der Waals surface area contributed by atoms with Gasteiger partial charge in [0, 0.05) is 41.7 Å². The smallest absolute Gasteiger partial charge is 0.309 e. The number of likely N-dealkylation sites (tertiary alicyclic amines) is 1. The Labute approximate surface area is 248 Å². The van der Waals surface area contributed by atoms with Crippen LogP contribution in [0.4, 0.5) is 10.1 Å². The van der Waals surface area contributed by atoms with Crippen molar-refractivity contribution in [1.82, 2.24) is 4.90 Å². The summed E-state index contributed by atoms with van der Waals surface area (Å²) in [5, 5.41) is 14.2. The number of anilines is 1. The molecule has 1 fully saturated rings. The lowest BCUT2D eigenvalue weighted by atomic mass is 9.82. The minimum absolute atomic E-state index is 0.0262. The number of benzene rings is 3. The standard InChI is InChI=1S/C32H32ClFN2O6/c1-3-17-10-21(33)11-18(4-2)30(17)35-28(37)15-36-14-23(22-12-26-27(13-24(22)34)42-16-41-26)29(32(38)39)31(36)20-5-6-25-19(9-20)7-8-40-25/h5-6,9-13,23,29,31H,3-4,7-8,14-16H2,1-2H3,(H,35,37)(H,38,39)/t23-,29?,31+/m1/s1. The van der Waals surface area contributed by atoms with Gasteiger partial charge in [0.1, 0.15) is 11.6 Å². The Morgan fingerprint density at radius 3 is 2.43 bits per heavy atom. The number of carboxylic acid groups (broad SMARTS) is 1. The molecule has 1 amide bonds. The summed E-state index contributed by atoms with van der Waals surface area (Å²) in [6.45, 7) is 4.60. The third-order valence-electron chi connectivity index (χ3n) is 8.47. The quantitative estimate of drug-likeness (QED) is 0.343. The van der Waals surface area contributed by atoms with Crippen molar-refractivity contribution in [1.29, 1.82) is 0 Å². The number of hydrogen-bond donors (Lipinski definition) is 2. The van der Waals surface area contributed by atoms with Gasteiger partial charge in [-0.25, -0.2) is 4.39 Å². The number of aryl methyl sites for hydroxylation is 2. The molecule has 3 aromatic rings.